The predicted molar refractivity (Wildman–Crippen MR) is 259 cm³/mol. The van der Waals surface area contributed by atoms with Crippen LogP contribution in [-0.4, -0.2) is 117 Å². The zero-order valence-corrected chi connectivity index (χ0v) is 40.5. The van der Waals surface area contributed by atoms with Gasteiger partial charge in [-0.15, -0.1) is 0 Å². The van der Waals surface area contributed by atoms with Gasteiger partial charge < -0.3 is 34.3 Å². The van der Waals surface area contributed by atoms with Crippen LogP contribution < -0.4 is 19.7 Å². The van der Waals surface area contributed by atoms with Crippen LogP contribution in [0.1, 0.15) is 54.6 Å². The molecule has 1 aliphatic carbocycles. The minimum absolute atomic E-state index is 0.0286. The molecule has 71 heavy (non-hydrogen) atoms. The maximum Gasteiger partial charge on any atom is 0.416 e. The number of aromatic nitrogens is 2. The van der Waals surface area contributed by atoms with Crippen LogP contribution in [0.5, 0.6) is 11.5 Å². The van der Waals surface area contributed by atoms with Crippen molar-refractivity contribution < 1.29 is 50.3 Å². The second-order valence-electron chi connectivity index (χ2n) is 19.2. The van der Waals surface area contributed by atoms with E-state index in [4.69, 9.17) is 25.8 Å². The van der Waals surface area contributed by atoms with Crippen LogP contribution >= 0.6 is 11.6 Å². The van der Waals surface area contributed by atoms with Gasteiger partial charge in [0.2, 0.25) is 5.91 Å². The van der Waals surface area contributed by atoms with Crippen molar-refractivity contribution in [1.82, 2.24) is 24.5 Å². The van der Waals surface area contributed by atoms with Crippen molar-refractivity contribution in [3.63, 3.8) is 0 Å². The number of carbonyl (C=O) groups excluding carboxylic acids is 2. The summed E-state index contributed by atoms with van der Waals surface area (Å²) in [6, 6.07) is 15.1. The molecule has 0 saturated carbocycles. The molecule has 3 aliphatic heterocycles. The van der Waals surface area contributed by atoms with Crippen molar-refractivity contribution in [2.75, 3.05) is 82.6 Å². The number of carbonyl (C=O) groups is 2. The Morgan fingerprint density at radius 2 is 1.80 bits per heavy atom. The average Bonchev–Trinajstić information content (AvgIpc) is 3.79. The number of nitro groups is 1. The zero-order valence-electron chi connectivity index (χ0n) is 38.9. The van der Waals surface area contributed by atoms with E-state index >= 15 is 0 Å². The molecule has 0 radical (unpaired) electrons. The van der Waals surface area contributed by atoms with Gasteiger partial charge in [0, 0.05) is 86.2 Å². The number of alkyl halides is 3. The van der Waals surface area contributed by atoms with Gasteiger partial charge in [0.15, 0.2) is 0 Å². The van der Waals surface area contributed by atoms with Crippen LogP contribution in [0.15, 0.2) is 89.6 Å². The number of piperazine rings is 1. The maximum absolute atomic E-state index is 14.0. The summed E-state index contributed by atoms with van der Waals surface area (Å²) in [4.78, 5) is 51.2. The van der Waals surface area contributed by atoms with Crippen LogP contribution in [0, 0.1) is 27.4 Å². The Morgan fingerprint density at radius 1 is 1.01 bits per heavy atom. The van der Waals surface area contributed by atoms with E-state index in [1.54, 1.807) is 35.4 Å². The third-order valence-corrected chi connectivity index (χ3v) is 15.1. The zero-order chi connectivity index (χ0) is 50.2. The normalized spacial score (nSPS) is 19.1. The van der Waals surface area contributed by atoms with Crippen molar-refractivity contribution in [2.45, 2.75) is 44.2 Å². The number of H-pyrrole nitrogens is 1. The number of nitro benzene ring substituents is 1. The summed E-state index contributed by atoms with van der Waals surface area (Å²) in [6.45, 7) is 9.02. The third-order valence-electron chi connectivity index (χ3n) is 13.4. The Morgan fingerprint density at radius 3 is 2.52 bits per heavy atom. The molecule has 3 saturated heterocycles. The molecule has 376 valence electrons. The van der Waals surface area contributed by atoms with Crippen molar-refractivity contribution in [1.29, 1.82) is 0 Å². The Labute approximate surface area is 412 Å². The van der Waals surface area contributed by atoms with E-state index in [-0.39, 0.29) is 64.2 Å². The van der Waals surface area contributed by atoms with Gasteiger partial charge >= 0.3 is 6.18 Å². The van der Waals surface area contributed by atoms with Gasteiger partial charge in [0.1, 0.15) is 29.6 Å². The minimum Gasteiger partial charge on any atom is -0.455 e. The molecule has 5 heterocycles. The SMILES string of the molecule is CC1(C)CCC(CN2CCN(c3ccc(C(=O)NS(=O)(=O)c4ccc(NCC5COCN(C(=O)C6COC6)C5)c([N+](=O)[O-])c4)c(Oc4cnc5[nH]ccc5c4)c3)CC2)=C(c2ccc(C(F)(F)F)cc2Cl)C1. The quantitative estimate of drug-likeness (QED) is 0.0709. The molecular formula is C49H52ClF3N8O9S. The number of benzene rings is 3. The van der Waals surface area contributed by atoms with Crippen LogP contribution in [-0.2, 0) is 30.5 Å². The van der Waals surface area contributed by atoms with E-state index in [0.717, 1.165) is 53.6 Å². The number of halogens is 4. The first-order valence-corrected chi connectivity index (χ1v) is 25.0. The first-order valence-electron chi connectivity index (χ1n) is 23.1. The first-order chi connectivity index (χ1) is 33.8. The molecule has 1 unspecified atom stereocenters. The average molecular weight is 1020 g/mol. The number of sulfonamides is 1. The minimum atomic E-state index is -4.69. The van der Waals surface area contributed by atoms with Crippen LogP contribution in [0.25, 0.3) is 16.6 Å². The lowest BCUT2D eigenvalue weighted by molar-refractivity contribution is -0.384. The number of fused-ring (bicyclic) bond motifs is 1. The topological polar surface area (TPSA) is 202 Å². The summed E-state index contributed by atoms with van der Waals surface area (Å²) >= 11 is 6.54. The molecule has 3 aromatic carbocycles. The highest BCUT2D eigenvalue weighted by Gasteiger charge is 2.36. The number of anilines is 2. The molecule has 2 amide bonds. The molecule has 3 fully saturated rings. The fourth-order valence-electron chi connectivity index (χ4n) is 9.37. The molecule has 9 rings (SSSR count). The molecule has 0 spiro atoms. The van der Waals surface area contributed by atoms with Gasteiger partial charge in [-0.1, -0.05) is 37.1 Å². The van der Waals surface area contributed by atoms with E-state index in [1.807, 2.05) is 0 Å². The monoisotopic (exact) mass is 1020 g/mol. The van der Waals surface area contributed by atoms with Crippen LogP contribution in [0.3, 0.4) is 0 Å². The number of amides is 2. The van der Waals surface area contributed by atoms with E-state index < -0.39 is 43.2 Å². The number of aromatic amines is 1. The van der Waals surface area contributed by atoms with Crippen molar-refractivity contribution >= 4 is 67.1 Å². The van der Waals surface area contributed by atoms with Crippen molar-refractivity contribution in [3.8, 4) is 11.5 Å². The predicted octanol–water partition coefficient (Wildman–Crippen LogP) is 8.33. The summed E-state index contributed by atoms with van der Waals surface area (Å²) in [7, 11) is -4.69. The fraction of sp³-hybridized carbons (Fsp3) is 0.408. The standard InChI is InChI=1S/C49H52ClF3N8O9S/c1-48(2)11-9-32(40(21-48)38-6-3-34(18-41(38)50)49(51,52)53)25-58-13-15-59(16-14-58)35-4-7-39(44(19-35)70-36-17-31-10-12-54-45(31)56-23-36)46(62)57-71(66,67)37-5-8-42(43(20-37)61(64)65)55-22-30-24-60(29-69-26-30)47(63)33-27-68-28-33/h3-8,10,12,17-20,23,30,33,55H,9,11,13-16,21-22,24-29H2,1-2H3,(H,54,56)(H,57,62). The Hall–Kier alpha value is -6.26. The second kappa shape index (κ2) is 20.1. The van der Waals surface area contributed by atoms with E-state index in [9.17, 15) is 41.3 Å². The number of hydrogen-bond donors (Lipinski definition) is 3. The highest BCUT2D eigenvalue weighted by molar-refractivity contribution is 7.90. The fourth-order valence-corrected chi connectivity index (χ4v) is 10.7. The van der Waals surface area contributed by atoms with Crippen molar-refractivity contribution in [2.24, 2.45) is 17.3 Å². The number of hydrogen-bond acceptors (Lipinski definition) is 13. The summed E-state index contributed by atoms with van der Waals surface area (Å²) in [5.41, 5.74) is 2.55. The molecule has 5 aromatic rings. The van der Waals surface area contributed by atoms with Gasteiger partial charge in [-0.2, -0.15) is 13.2 Å². The number of allylic oxidation sites excluding steroid dienone is 1. The molecule has 0 bridgehead atoms. The van der Waals surface area contributed by atoms with Crippen LogP contribution in [0.2, 0.25) is 5.02 Å². The molecule has 3 N–H and O–H groups in total. The summed E-state index contributed by atoms with van der Waals surface area (Å²) in [6.07, 6.45) is 1.04. The molecule has 1 atom stereocenters. The van der Waals surface area contributed by atoms with Crippen LogP contribution in [0.4, 0.5) is 30.2 Å². The van der Waals surface area contributed by atoms with Gasteiger partial charge in [0.25, 0.3) is 21.6 Å². The largest absolute Gasteiger partial charge is 0.455 e. The second-order valence-corrected chi connectivity index (χ2v) is 21.2. The number of nitrogens with zero attached hydrogens (tertiary/aromatic N) is 5. The number of nitrogens with one attached hydrogen (secondary N) is 3. The van der Waals surface area contributed by atoms with E-state index in [2.05, 4.69) is 43.7 Å². The van der Waals surface area contributed by atoms with Crippen molar-refractivity contribution in [3.05, 3.63) is 117 Å². The maximum atomic E-state index is 14.0. The number of ether oxygens (including phenoxy) is 3. The third kappa shape index (κ3) is 11.3. The lowest BCUT2D eigenvalue weighted by Gasteiger charge is -2.39. The van der Waals surface area contributed by atoms with E-state index in [0.29, 0.717) is 82.4 Å². The van der Waals surface area contributed by atoms with Gasteiger partial charge in [0.05, 0.1) is 52.9 Å². The molecule has 4 aliphatic rings. The summed E-state index contributed by atoms with van der Waals surface area (Å²) < 4.78 is 87.3. The van der Waals surface area contributed by atoms with Gasteiger partial charge in [-0.3, -0.25) is 24.6 Å². The summed E-state index contributed by atoms with van der Waals surface area (Å²) in [5, 5.41) is 16.1. The smallest absolute Gasteiger partial charge is 0.416 e. The molecule has 2 aromatic heterocycles. The Bertz CT molecular complexity index is 3010. The van der Waals surface area contributed by atoms with E-state index in [1.165, 1.54) is 24.4 Å². The lowest BCUT2D eigenvalue weighted by atomic mass is 9.72. The lowest BCUT2D eigenvalue weighted by Crippen LogP contribution is -2.51. The highest BCUT2D eigenvalue weighted by Crippen LogP contribution is 2.46. The molecular weight excluding hydrogens is 969 g/mol. The molecule has 22 heteroatoms. The number of pyridine rings is 1. The Balaban J connectivity index is 0.906. The molecule has 17 nitrogen and oxygen atoms in total. The number of rotatable bonds is 14. The highest BCUT2D eigenvalue weighted by atomic mass is 35.5. The first kappa shape index (κ1) is 49.7. The summed E-state index contributed by atoms with van der Waals surface area (Å²) in [5.74, 6) is -1.25. The Kier molecular flexibility index (Phi) is 14.1. The van der Waals surface area contributed by atoms with Gasteiger partial charge in [-0.25, -0.2) is 18.1 Å². The van der Waals surface area contributed by atoms with Gasteiger partial charge in [-0.05, 0) is 84.3 Å².